The van der Waals surface area contributed by atoms with Gasteiger partial charge in [0.2, 0.25) is 0 Å². The average molecular weight is 431 g/mol. The summed E-state index contributed by atoms with van der Waals surface area (Å²) in [6.07, 6.45) is 1.65. The van der Waals surface area contributed by atoms with Crippen LogP contribution in [0.2, 0.25) is 0 Å². The number of likely N-dealkylation sites (tertiary alicyclic amines) is 1. The highest BCUT2D eigenvalue weighted by atomic mass is 16.5. The Hall–Kier alpha value is -2.65. The summed E-state index contributed by atoms with van der Waals surface area (Å²) in [5.74, 6) is -0.291. The Balaban J connectivity index is 1.45. The topological polar surface area (TPSA) is 117 Å². The summed E-state index contributed by atoms with van der Waals surface area (Å²) < 4.78 is 7.12. The summed E-state index contributed by atoms with van der Waals surface area (Å²) in [6.45, 7) is 3.81. The molecule has 2 amide bonds. The number of carbonyl (C=O) groups is 2. The number of hydrogen-bond donors (Lipinski definition) is 3. The minimum atomic E-state index is -1.03. The fraction of sp³-hybridized carbons (Fsp3) is 0.591. The molecule has 3 heterocycles. The van der Waals surface area contributed by atoms with Gasteiger partial charge in [-0.2, -0.15) is 5.10 Å². The van der Waals surface area contributed by atoms with E-state index in [-0.39, 0.29) is 24.5 Å². The van der Waals surface area contributed by atoms with Crippen LogP contribution in [0, 0.1) is 0 Å². The van der Waals surface area contributed by atoms with Crippen LogP contribution in [-0.4, -0.2) is 74.3 Å². The molecule has 9 heteroatoms. The Kier molecular flexibility index (Phi) is 6.15. The molecule has 2 aliphatic rings. The molecule has 2 fully saturated rings. The molecule has 2 aliphatic heterocycles. The lowest BCUT2D eigenvalue weighted by atomic mass is 9.83. The molecule has 0 radical (unpaired) electrons. The van der Waals surface area contributed by atoms with Crippen molar-refractivity contribution in [3.8, 4) is 0 Å². The van der Waals surface area contributed by atoms with Crippen molar-refractivity contribution in [2.45, 2.75) is 63.3 Å². The van der Waals surface area contributed by atoms with Gasteiger partial charge in [0.15, 0.2) is 5.69 Å². The molecular weight excluding hydrogens is 400 g/mol. The van der Waals surface area contributed by atoms with Crippen molar-refractivity contribution in [3.63, 3.8) is 0 Å². The van der Waals surface area contributed by atoms with Crippen molar-refractivity contribution in [2.24, 2.45) is 0 Å². The molecule has 2 saturated heterocycles. The van der Waals surface area contributed by atoms with Gasteiger partial charge in [-0.3, -0.25) is 9.48 Å². The number of benzene rings is 1. The summed E-state index contributed by atoms with van der Waals surface area (Å²) in [5.41, 5.74) is 0.368. The van der Waals surface area contributed by atoms with E-state index in [1.165, 1.54) is 4.90 Å². The molecule has 4 rings (SSSR count). The van der Waals surface area contributed by atoms with Crippen LogP contribution in [0.3, 0.4) is 0 Å². The van der Waals surface area contributed by atoms with Crippen molar-refractivity contribution >= 4 is 22.9 Å². The van der Waals surface area contributed by atoms with E-state index < -0.39 is 11.7 Å². The summed E-state index contributed by atoms with van der Waals surface area (Å²) in [6, 6.07) is 7.03. The average Bonchev–Trinajstić information content (AvgIpc) is 3.14. The van der Waals surface area contributed by atoms with Crippen LogP contribution in [0.25, 0.3) is 10.9 Å². The highest BCUT2D eigenvalue weighted by Gasteiger charge is 2.39. The van der Waals surface area contributed by atoms with E-state index in [0.717, 1.165) is 10.9 Å². The van der Waals surface area contributed by atoms with Crippen molar-refractivity contribution in [1.29, 1.82) is 0 Å². The lowest BCUT2D eigenvalue weighted by Gasteiger charge is -2.42. The minimum Gasteiger partial charge on any atom is -0.465 e. The number of para-hydroxylation sites is 1. The first kappa shape index (κ1) is 21.6. The number of aryl methyl sites for hydroxylation is 1. The summed E-state index contributed by atoms with van der Waals surface area (Å²) in [5, 5.41) is 28.8. The highest BCUT2D eigenvalue weighted by molar-refractivity contribution is 6.05. The second-order valence-electron chi connectivity index (χ2n) is 8.56. The molecule has 1 aromatic heterocycles. The van der Waals surface area contributed by atoms with Gasteiger partial charge in [0, 0.05) is 43.8 Å². The smallest absolute Gasteiger partial charge is 0.407 e. The lowest BCUT2D eigenvalue weighted by Crippen LogP contribution is -2.56. The Bertz CT molecular complexity index is 953. The Morgan fingerprint density at radius 2 is 2.00 bits per heavy atom. The normalized spacial score (nSPS) is 23.6. The van der Waals surface area contributed by atoms with Crippen LogP contribution < -0.4 is 5.32 Å². The summed E-state index contributed by atoms with van der Waals surface area (Å²) in [7, 11) is 0. The first-order valence-electron chi connectivity index (χ1n) is 11.0. The third-order valence-corrected chi connectivity index (χ3v) is 6.50. The predicted octanol–water partition coefficient (Wildman–Crippen LogP) is 2.23. The van der Waals surface area contributed by atoms with E-state index in [0.29, 0.717) is 57.6 Å². The molecule has 168 valence electrons. The first-order valence-corrected chi connectivity index (χ1v) is 11.0. The Morgan fingerprint density at radius 3 is 2.71 bits per heavy atom. The van der Waals surface area contributed by atoms with Crippen molar-refractivity contribution in [1.82, 2.24) is 20.0 Å². The highest BCUT2D eigenvalue weighted by Crippen LogP contribution is 2.31. The minimum absolute atomic E-state index is 0.199. The maximum atomic E-state index is 13.0. The predicted molar refractivity (Wildman–Crippen MR) is 114 cm³/mol. The number of hydrogen-bond acceptors (Lipinski definition) is 5. The van der Waals surface area contributed by atoms with Crippen molar-refractivity contribution < 1.29 is 24.5 Å². The molecule has 0 spiro atoms. The molecule has 9 nitrogen and oxygen atoms in total. The molecular formula is C22H30N4O5. The first-order chi connectivity index (χ1) is 14.9. The number of carboxylic acid groups (broad SMARTS) is 1. The molecule has 0 bridgehead atoms. The third-order valence-electron chi connectivity index (χ3n) is 6.50. The molecule has 31 heavy (non-hydrogen) atoms. The molecule has 0 saturated carbocycles. The van der Waals surface area contributed by atoms with E-state index in [2.05, 4.69) is 10.4 Å². The number of nitrogens with one attached hydrogen (secondary N) is 1. The second-order valence-corrected chi connectivity index (χ2v) is 8.56. The SMILES string of the molecule is CCn1nc(C(=O)N[C@@H]2CC[C@H](CC3(O)CCOCC3)N(C(=O)O)C2)c2ccccc21. The lowest BCUT2D eigenvalue weighted by molar-refractivity contribution is -0.0821. The maximum Gasteiger partial charge on any atom is 0.407 e. The molecule has 0 aliphatic carbocycles. The molecule has 2 atom stereocenters. The number of ether oxygens (including phenoxy) is 1. The third kappa shape index (κ3) is 4.52. The van der Waals surface area contributed by atoms with Gasteiger partial charge >= 0.3 is 6.09 Å². The number of nitrogens with zero attached hydrogens (tertiary/aromatic N) is 3. The summed E-state index contributed by atoms with van der Waals surface area (Å²) in [4.78, 5) is 26.3. The number of rotatable bonds is 5. The zero-order valence-electron chi connectivity index (χ0n) is 17.8. The van der Waals surface area contributed by atoms with Crippen LogP contribution in [0.4, 0.5) is 4.79 Å². The van der Waals surface area contributed by atoms with Crippen LogP contribution in [-0.2, 0) is 11.3 Å². The van der Waals surface area contributed by atoms with Gasteiger partial charge in [0.05, 0.1) is 11.1 Å². The zero-order chi connectivity index (χ0) is 22.0. The number of carbonyl (C=O) groups excluding carboxylic acids is 1. The fourth-order valence-electron chi connectivity index (χ4n) is 4.78. The number of amides is 2. The maximum absolute atomic E-state index is 13.0. The number of aromatic nitrogens is 2. The van der Waals surface area contributed by atoms with Gasteiger partial charge in [0.1, 0.15) is 0 Å². The van der Waals surface area contributed by atoms with E-state index in [4.69, 9.17) is 4.74 Å². The van der Waals surface area contributed by atoms with Crippen LogP contribution in [0.5, 0.6) is 0 Å². The monoisotopic (exact) mass is 430 g/mol. The largest absolute Gasteiger partial charge is 0.465 e. The van der Waals surface area contributed by atoms with Crippen molar-refractivity contribution in [2.75, 3.05) is 19.8 Å². The fourth-order valence-corrected chi connectivity index (χ4v) is 4.78. The number of fused-ring (bicyclic) bond motifs is 1. The van der Waals surface area contributed by atoms with E-state index in [9.17, 15) is 19.8 Å². The van der Waals surface area contributed by atoms with Crippen LogP contribution >= 0.6 is 0 Å². The zero-order valence-corrected chi connectivity index (χ0v) is 17.8. The van der Waals surface area contributed by atoms with E-state index >= 15 is 0 Å². The number of piperidine rings is 1. The molecule has 3 N–H and O–H groups in total. The van der Waals surface area contributed by atoms with Crippen LogP contribution in [0.15, 0.2) is 24.3 Å². The van der Waals surface area contributed by atoms with E-state index in [1.807, 2.05) is 31.2 Å². The van der Waals surface area contributed by atoms with Gasteiger partial charge < -0.3 is 25.2 Å². The van der Waals surface area contributed by atoms with Crippen LogP contribution in [0.1, 0.15) is 49.5 Å². The standard InChI is InChI=1S/C22H30N4O5/c1-2-26-18-6-4-3-5-17(18)19(24-26)20(27)23-15-7-8-16(25(14-15)21(28)29)13-22(30)9-11-31-12-10-22/h3-6,15-16,30H,2,7-14H2,1H3,(H,23,27)(H,28,29)/t15-,16-/m1/s1. The van der Waals surface area contributed by atoms with Gasteiger partial charge in [-0.1, -0.05) is 18.2 Å². The molecule has 2 aromatic rings. The van der Waals surface area contributed by atoms with Gasteiger partial charge in [-0.15, -0.1) is 0 Å². The summed E-state index contributed by atoms with van der Waals surface area (Å²) >= 11 is 0. The van der Waals surface area contributed by atoms with Gasteiger partial charge in [0.25, 0.3) is 5.91 Å². The Labute approximate surface area is 181 Å². The van der Waals surface area contributed by atoms with Gasteiger partial charge in [-0.25, -0.2) is 4.79 Å². The number of aliphatic hydroxyl groups is 1. The molecule has 1 aromatic carbocycles. The van der Waals surface area contributed by atoms with Gasteiger partial charge in [-0.05, 0) is 45.1 Å². The van der Waals surface area contributed by atoms with E-state index in [1.54, 1.807) is 4.68 Å². The molecule has 0 unspecified atom stereocenters. The quantitative estimate of drug-likeness (QED) is 0.670. The second kappa shape index (κ2) is 8.84. The van der Waals surface area contributed by atoms with Crippen molar-refractivity contribution in [3.05, 3.63) is 30.0 Å². The Morgan fingerprint density at radius 1 is 1.26 bits per heavy atom.